The van der Waals surface area contributed by atoms with Crippen LogP contribution in [0.4, 0.5) is 10.8 Å². The SMILES string of the molecule is Cc1nc(NC(=O)COc2ccccc2[N+](=O)[O-])sc1SCC(N)=O. The molecular formula is C14H14N4O5S2. The molecule has 0 spiro atoms. The fraction of sp³-hybridized carbons (Fsp3) is 0.214. The first-order valence-electron chi connectivity index (χ1n) is 6.91. The van der Waals surface area contributed by atoms with E-state index < -0.39 is 23.3 Å². The molecule has 0 saturated carbocycles. The quantitative estimate of drug-likeness (QED) is 0.404. The molecule has 0 radical (unpaired) electrons. The Balaban J connectivity index is 1.94. The lowest BCUT2D eigenvalue weighted by Crippen LogP contribution is -2.20. The highest BCUT2D eigenvalue weighted by molar-refractivity contribution is 8.01. The molecule has 0 aliphatic carbocycles. The molecule has 0 atom stereocenters. The predicted octanol–water partition coefficient (Wildman–Crippen LogP) is 1.95. The van der Waals surface area contributed by atoms with Crippen LogP contribution < -0.4 is 15.8 Å². The molecule has 132 valence electrons. The second-order valence-electron chi connectivity index (χ2n) is 4.71. The van der Waals surface area contributed by atoms with E-state index in [1.54, 1.807) is 13.0 Å². The van der Waals surface area contributed by atoms with E-state index in [9.17, 15) is 19.7 Å². The van der Waals surface area contributed by atoms with Gasteiger partial charge in [0, 0.05) is 6.07 Å². The van der Waals surface area contributed by atoms with E-state index in [4.69, 9.17) is 10.5 Å². The lowest BCUT2D eigenvalue weighted by molar-refractivity contribution is -0.385. The van der Waals surface area contributed by atoms with Crippen molar-refractivity contribution >= 4 is 45.7 Å². The van der Waals surface area contributed by atoms with Crippen molar-refractivity contribution in [1.82, 2.24) is 4.98 Å². The lowest BCUT2D eigenvalue weighted by atomic mass is 10.3. The number of nitrogens with two attached hydrogens (primary N) is 1. The fourth-order valence-corrected chi connectivity index (χ4v) is 3.63. The number of anilines is 1. The molecule has 1 heterocycles. The summed E-state index contributed by atoms with van der Waals surface area (Å²) in [5, 5.41) is 13.8. The molecule has 1 aromatic carbocycles. The number of carbonyl (C=O) groups is 2. The van der Waals surface area contributed by atoms with Crippen molar-refractivity contribution in [3.63, 3.8) is 0 Å². The maximum Gasteiger partial charge on any atom is 0.310 e. The number of nitrogens with zero attached hydrogens (tertiary/aromatic N) is 2. The smallest absolute Gasteiger partial charge is 0.310 e. The van der Waals surface area contributed by atoms with Crippen molar-refractivity contribution in [2.45, 2.75) is 11.1 Å². The number of para-hydroxylation sites is 2. The zero-order valence-corrected chi connectivity index (χ0v) is 14.7. The van der Waals surface area contributed by atoms with Crippen LogP contribution >= 0.6 is 23.1 Å². The molecule has 0 aliphatic rings. The number of aromatic nitrogens is 1. The summed E-state index contributed by atoms with van der Waals surface area (Å²) in [5.74, 6) is -0.813. The van der Waals surface area contributed by atoms with Crippen LogP contribution in [-0.4, -0.2) is 34.1 Å². The number of nitrogens with one attached hydrogen (secondary N) is 1. The minimum atomic E-state index is -0.584. The van der Waals surface area contributed by atoms with Crippen LogP contribution in [0.25, 0.3) is 0 Å². The molecule has 25 heavy (non-hydrogen) atoms. The van der Waals surface area contributed by atoms with Crippen LogP contribution in [0.5, 0.6) is 5.75 Å². The Hall–Kier alpha value is -2.66. The van der Waals surface area contributed by atoms with Crippen molar-refractivity contribution in [3.8, 4) is 5.75 Å². The summed E-state index contributed by atoms with van der Waals surface area (Å²) in [6, 6.07) is 5.79. The third-order valence-corrected chi connectivity index (χ3v) is 5.22. The average Bonchev–Trinajstić information content (AvgIpc) is 2.90. The molecule has 0 aliphatic heterocycles. The Morgan fingerprint density at radius 1 is 1.44 bits per heavy atom. The van der Waals surface area contributed by atoms with E-state index in [0.29, 0.717) is 10.8 Å². The second-order valence-corrected chi connectivity index (χ2v) is 6.95. The Labute approximate surface area is 150 Å². The summed E-state index contributed by atoms with van der Waals surface area (Å²) in [4.78, 5) is 37.2. The van der Waals surface area contributed by atoms with Crippen molar-refractivity contribution < 1.29 is 19.2 Å². The van der Waals surface area contributed by atoms with Crippen molar-refractivity contribution in [2.75, 3.05) is 17.7 Å². The Bertz CT molecular complexity index is 808. The van der Waals surface area contributed by atoms with Gasteiger partial charge in [0.2, 0.25) is 5.91 Å². The van der Waals surface area contributed by atoms with Gasteiger partial charge in [-0.25, -0.2) is 4.98 Å². The summed E-state index contributed by atoms with van der Waals surface area (Å²) in [6.07, 6.45) is 0. The van der Waals surface area contributed by atoms with Gasteiger partial charge in [-0.05, 0) is 13.0 Å². The summed E-state index contributed by atoms with van der Waals surface area (Å²) >= 11 is 2.45. The number of benzene rings is 1. The molecule has 0 bridgehead atoms. The zero-order valence-electron chi connectivity index (χ0n) is 13.1. The number of aryl methyl sites for hydroxylation is 1. The van der Waals surface area contributed by atoms with Crippen molar-refractivity contribution in [1.29, 1.82) is 0 Å². The molecule has 2 aromatic rings. The first kappa shape index (κ1) is 18.7. The molecule has 1 aromatic heterocycles. The van der Waals surface area contributed by atoms with Gasteiger partial charge in [0.1, 0.15) is 0 Å². The standard InChI is InChI=1S/C14H14N4O5S2/c1-8-13(24-7-11(15)19)25-14(16-8)17-12(20)6-23-10-5-3-2-4-9(10)18(21)22/h2-5H,6-7H2,1H3,(H2,15,19)(H,16,17,20). The van der Waals surface area contributed by atoms with Gasteiger partial charge in [0.25, 0.3) is 5.91 Å². The summed E-state index contributed by atoms with van der Waals surface area (Å²) in [5.41, 5.74) is 5.55. The number of hydrogen-bond acceptors (Lipinski definition) is 8. The normalized spacial score (nSPS) is 10.3. The number of amides is 2. The highest BCUT2D eigenvalue weighted by Crippen LogP contribution is 2.32. The zero-order chi connectivity index (χ0) is 18.4. The third kappa shape index (κ3) is 5.43. The molecule has 0 saturated heterocycles. The molecule has 2 rings (SSSR count). The number of primary amides is 1. The molecule has 9 nitrogen and oxygen atoms in total. The Kier molecular flexibility index (Phi) is 6.31. The van der Waals surface area contributed by atoms with Gasteiger partial charge in [-0.2, -0.15) is 0 Å². The number of hydrogen-bond donors (Lipinski definition) is 2. The highest BCUT2D eigenvalue weighted by atomic mass is 32.2. The first-order chi connectivity index (χ1) is 11.9. The lowest BCUT2D eigenvalue weighted by Gasteiger charge is -2.06. The number of thiazole rings is 1. The summed E-state index contributed by atoms with van der Waals surface area (Å²) in [7, 11) is 0. The van der Waals surface area contributed by atoms with Gasteiger partial charge >= 0.3 is 5.69 Å². The van der Waals surface area contributed by atoms with Gasteiger partial charge in [0.05, 0.1) is 20.6 Å². The van der Waals surface area contributed by atoms with Gasteiger partial charge < -0.3 is 10.5 Å². The average molecular weight is 382 g/mol. The van der Waals surface area contributed by atoms with E-state index in [-0.39, 0.29) is 17.2 Å². The Morgan fingerprint density at radius 2 is 2.16 bits per heavy atom. The van der Waals surface area contributed by atoms with Gasteiger partial charge in [0.15, 0.2) is 17.5 Å². The van der Waals surface area contributed by atoms with Crippen LogP contribution in [0.15, 0.2) is 28.5 Å². The first-order valence-corrected chi connectivity index (χ1v) is 8.71. The number of thioether (sulfide) groups is 1. The largest absolute Gasteiger partial charge is 0.477 e. The van der Waals surface area contributed by atoms with Gasteiger partial charge in [-0.3, -0.25) is 25.0 Å². The topological polar surface area (TPSA) is 137 Å². The van der Waals surface area contributed by atoms with E-state index >= 15 is 0 Å². The third-order valence-electron chi connectivity index (χ3n) is 2.77. The number of nitro benzene ring substituents is 1. The number of rotatable bonds is 8. The number of nitro groups is 1. The van der Waals surface area contributed by atoms with Crippen LogP contribution in [0.1, 0.15) is 5.69 Å². The van der Waals surface area contributed by atoms with Gasteiger partial charge in [-0.15, -0.1) is 11.8 Å². The van der Waals surface area contributed by atoms with Gasteiger partial charge in [-0.1, -0.05) is 23.5 Å². The number of ether oxygens (including phenoxy) is 1. The maximum atomic E-state index is 11.9. The van der Waals surface area contributed by atoms with Crippen LogP contribution in [0.2, 0.25) is 0 Å². The predicted molar refractivity (Wildman–Crippen MR) is 94.0 cm³/mol. The number of carbonyl (C=O) groups excluding carboxylic acids is 2. The van der Waals surface area contributed by atoms with Crippen LogP contribution in [0, 0.1) is 17.0 Å². The van der Waals surface area contributed by atoms with E-state index in [2.05, 4.69) is 10.3 Å². The summed E-state index contributed by atoms with van der Waals surface area (Å²) < 4.78 is 5.98. The molecule has 0 fully saturated rings. The molecular weight excluding hydrogens is 368 g/mol. The van der Waals surface area contributed by atoms with Crippen molar-refractivity contribution in [2.24, 2.45) is 5.73 Å². The Morgan fingerprint density at radius 3 is 2.84 bits per heavy atom. The maximum absolute atomic E-state index is 11.9. The van der Waals surface area contributed by atoms with Crippen molar-refractivity contribution in [3.05, 3.63) is 40.1 Å². The highest BCUT2D eigenvalue weighted by Gasteiger charge is 2.16. The molecule has 3 N–H and O–H groups in total. The fourth-order valence-electron chi connectivity index (χ4n) is 1.74. The van der Waals surface area contributed by atoms with Crippen LogP contribution in [0.3, 0.4) is 0 Å². The minimum Gasteiger partial charge on any atom is -0.477 e. The van der Waals surface area contributed by atoms with E-state index in [1.807, 2.05) is 0 Å². The van der Waals surface area contributed by atoms with E-state index in [0.717, 1.165) is 4.21 Å². The van der Waals surface area contributed by atoms with E-state index in [1.165, 1.54) is 41.3 Å². The second kappa shape index (κ2) is 8.44. The minimum absolute atomic E-state index is 0.00988. The molecule has 11 heteroatoms. The molecule has 0 unspecified atom stereocenters. The monoisotopic (exact) mass is 382 g/mol. The van der Waals surface area contributed by atoms with Crippen LogP contribution in [-0.2, 0) is 9.59 Å². The molecule has 2 amide bonds. The summed E-state index contributed by atoms with van der Waals surface area (Å²) in [6.45, 7) is 1.35.